The SMILES string of the molecule is CCCCOc1ccc(C)cc1SC.CCOC1(C)C(=O)N(C)C(=O)C1Cc1ccccc1.COc1ccc(S(=O)Oc2ccc(O)cc2)cc1. The van der Waals surface area contributed by atoms with Crippen LogP contribution in [0.4, 0.5) is 0 Å². The van der Waals surface area contributed by atoms with Crippen LogP contribution in [0.25, 0.3) is 0 Å². The fraction of sp³-hybridized carbons (Fsp3) is 0.350. The summed E-state index contributed by atoms with van der Waals surface area (Å²) in [6.07, 6.45) is 4.91. The lowest BCUT2D eigenvalue weighted by atomic mass is 9.86. The van der Waals surface area contributed by atoms with Gasteiger partial charge in [-0.05, 0) is 112 Å². The first-order chi connectivity index (χ1) is 24.5. The third kappa shape index (κ3) is 11.9. The largest absolute Gasteiger partial charge is 0.508 e. The minimum absolute atomic E-state index is 0.137. The summed E-state index contributed by atoms with van der Waals surface area (Å²) in [5.74, 6) is 1.42. The zero-order chi connectivity index (χ0) is 37.4. The number of imide groups is 1. The molecule has 1 N–H and O–H groups in total. The molecule has 51 heavy (non-hydrogen) atoms. The number of benzene rings is 4. The molecule has 0 saturated carbocycles. The van der Waals surface area contributed by atoms with E-state index >= 15 is 0 Å². The number of likely N-dealkylation sites (N-methyl/N-ethyl adjacent to an activating group) is 1. The summed E-state index contributed by atoms with van der Waals surface area (Å²) in [5, 5.41) is 9.12. The van der Waals surface area contributed by atoms with E-state index in [1.54, 1.807) is 62.2 Å². The van der Waals surface area contributed by atoms with E-state index in [2.05, 4.69) is 38.3 Å². The van der Waals surface area contributed by atoms with Gasteiger partial charge in [0.15, 0.2) is 5.60 Å². The Morgan fingerprint density at radius 2 is 1.57 bits per heavy atom. The number of phenolic OH excluding ortho intramolecular Hbond substituents is 1. The minimum atomic E-state index is -1.59. The predicted octanol–water partition coefficient (Wildman–Crippen LogP) is 8.04. The van der Waals surface area contributed by atoms with Gasteiger partial charge in [-0.1, -0.05) is 49.7 Å². The van der Waals surface area contributed by atoms with Crippen LogP contribution in [0.15, 0.2) is 107 Å². The normalized spacial score (nSPS) is 17.1. The summed E-state index contributed by atoms with van der Waals surface area (Å²) in [6, 6.07) is 28.9. The number of carbonyl (C=O) groups excluding carboxylic acids is 2. The molecule has 0 spiro atoms. The first kappa shape index (κ1) is 41.1. The first-order valence-electron chi connectivity index (χ1n) is 16.8. The van der Waals surface area contributed by atoms with Gasteiger partial charge in [0.25, 0.3) is 5.91 Å². The van der Waals surface area contributed by atoms with E-state index in [0.29, 0.717) is 29.4 Å². The molecule has 11 heteroatoms. The van der Waals surface area contributed by atoms with Crippen molar-refractivity contribution in [3.63, 3.8) is 0 Å². The topological polar surface area (TPSA) is 112 Å². The molecule has 0 aromatic heterocycles. The summed E-state index contributed by atoms with van der Waals surface area (Å²) in [4.78, 5) is 27.4. The number of phenols is 1. The highest BCUT2D eigenvalue weighted by Crippen LogP contribution is 2.35. The van der Waals surface area contributed by atoms with E-state index in [9.17, 15) is 13.8 Å². The van der Waals surface area contributed by atoms with Gasteiger partial charge in [0.1, 0.15) is 23.0 Å². The van der Waals surface area contributed by atoms with Crippen molar-refractivity contribution in [3.8, 4) is 23.0 Å². The highest BCUT2D eigenvalue weighted by atomic mass is 32.2. The highest BCUT2D eigenvalue weighted by molar-refractivity contribution is 7.98. The summed E-state index contributed by atoms with van der Waals surface area (Å²) < 4.78 is 33.5. The van der Waals surface area contributed by atoms with Crippen LogP contribution < -0.4 is 13.7 Å². The second-order valence-electron chi connectivity index (χ2n) is 11.8. The summed E-state index contributed by atoms with van der Waals surface area (Å²) in [5.41, 5.74) is 1.28. The van der Waals surface area contributed by atoms with Gasteiger partial charge >= 0.3 is 0 Å². The van der Waals surface area contributed by atoms with Crippen LogP contribution in [0.5, 0.6) is 23.0 Å². The van der Waals surface area contributed by atoms with Gasteiger partial charge in [-0.3, -0.25) is 14.5 Å². The first-order valence-corrected chi connectivity index (χ1v) is 19.1. The molecule has 274 valence electrons. The van der Waals surface area contributed by atoms with Crippen LogP contribution >= 0.6 is 11.8 Å². The number of methoxy groups -OCH3 is 1. The molecule has 2 amide bonds. The number of nitrogens with zero attached hydrogens (tertiary/aromatic N) is 1. The van der Waals surface area contributed by atoms with Gasteiger partial charge in [0, 0.05) is 18.6 Å². The van der Waals surface area contributed by atoms with Gasteiger partial charge < -0.3 is 23.5 Å². The third-order valence-electron chi connectivity index (χ3n) is 8.08. The average Bonchev–Trinajstić information content (AvgIpc) is 3.30. The highest BCUT2D eigenvalue weighted by Gasteiger charge is 2.55. The number of aryl methyl sites for hydroxylation is 1. The van der Waals surface area contributed by atoms with Crippen LogP contribution in [0.1, 0.15) is 44.7 Å². The Bertz CT molecular complexity index is 1700. The second kappa shape index (κ2) is 20.5. The van der Waals surface area contributed by atoms with Gasteiger partial charge in [0.05, 0.1) is 24.5 Å². The zero-order valence-electron chi connectivity index (χ0n) is 30.4. The fourth-order valence-corrected chi connectivity index (χ4v) is 6.56. The maximum atomic E-state index is 12.2. The number of thioether (sulfide) groups is 1. The Morgan fingerprint density at radius 3 is 2.16 bits per heavy atom. The fourth-order valence-electron chi connectivity index (χ4n) is 5.19. The summed E-state index contributed by atoms with van der Waals surface area (Å²) in [6.45, 7) is 9.07. The quantitative estimate of drug-likeness (QED) is 0.0829. The Hall–Kier alpha value is -4.32. The molecular formula is C40H49NO8S2. The number of ether oxygens (including phenoxy) is 3. The Morgan fingerprint density at radius 1 is 0.922 bits per heavy atom. The van der Waals surface area contributed by atoms with E-state index in [1.807, 2.05) is 37.3 Å². The Balaban J connectivity index is 0.000000209. The molecule has 3 atom stereocenters. The van der Waals surface area contributed by atoms with Gasteiger partial charge in [-0.25, -0.2) is 4.21 Å². The zero-order valence-corrected chi connectivity index (χ0v) is 32.1. The third-order valence-corrected chi connectivity index (χ3v) is 9.84. The number of aromatic hydroxyl groups is 1. The van der Waals surface area contributed by atoms with Crippen molar-refractivity contribution in [2.24, 2.45) is 5.92 Å². The Kier molecular flexibility index (Phi) is 16.5. The molecular weight excluding hydrogens is 687 g/mol. The van der Waals surface area contributed by atoms with Gasteiger partial charge in [-0.2, -0.15) is 0 Å². The minimum Gasteiger partial charge on any atom is -0.508 e. The lowest BCUT2D eigenvalue weighted by Gasteiger charge is -2.27. The number of rotatable bonds is 13. The number of unbranched alkanes of at least 4 members (excludes halogenated alkanes) is 1. The molecule has 0 bridgehead atoms. The van der Waals surface area contributed by atoms with E-state index in [-0.39, 0.29) is 17.6 Å². The summed E-state index contributed by atoms with van der Waals surface area (Å²) in [7, 11) is 3.09. The lowest BCUT2D eigenvalue weighted by Crippen LogP contribution is -2.43. The molecule has 1 fully saturated rings. The number of carbonyl (C=O) groups is 2. The molecule has 1 aliphatic heterocycles. The van der Waals surface area contributed by atoms with Crippen molar-refractivity contribution < 1.29 is 37.3 Å². The van der Waals surface area contributed by atoms with Crippen molar-refractivity contribution >= 4 is 34.7 Å². The van der Waals surface area contributed by atoms with Crippen LogP contribution in [0.2, 0.25) is 0 Å². The summed E-state index contributed by atoms with van der Waals surface area (Å²) >= 11 is 0.154. The lowest BCUT2D eigenvalue weighted by molar-refractivity contribution is -0.149. The number of hydrogen-bond donors (Lipinski definition) is 1. The molecule has 5 rings (SSSR count). The van der Waals surface area contributed by atoms with E-state index in [1.165, 1.54) is 41.0 Å². The van der Waals surface area contributed by atoms with E-state index in [4.69, 9.17) is 23.5 Å². The molecule has 1 saturated heterocycles. The van der Waals surface area contributed by atoms with Crippen LogP contribution in [0, 0.1) is 12.8 Å². The van der Waals surface area contributed by atoms with E-state index < -0.39 is 22.6 Å². The molecule has 9 nitrogen and oxygen atoms in total. The monoisotopic (exact) mass is 735 g/mol. The molecule has 4 aromatic rings. The number of likely N-dealkylation sites (tertiary alicyclic amines) is 1. The standard InChI is InChI=1S/C15H19NO3.C13H12O4S.C12H18OS/c1-4-19-15(2)12(13(17)16(3)14(15)18)10-11-8-6-5-7-9-11;1-16-11-6-8-13(9-7-11)18(15)17-12-4-2-10(14)3-5-12;1-4-5-8-13-11-7-6-10(2)9-12(11)14-3/h5-9,12H,4,10H2,1-3H3;2-9,14H,1H3;6-7,9H,4-5,8H2,1-3H3. The molecule has 0 radical (unpaired) electrons. The van der Waals surface area contributed by atoms with Crippen LogP contribution in [-0.4, -0.2) is 65.3 Å². The maximum Gasteiger partial charge on any atom is 0.261 e. The Labute approximate surface area is 308 Å². The van der Waals surface area contributed by atoms with Gasteiger partial charge in [0.2, 0.25) is 17.0 Å². The van der Waals surface area contributed by atoms with E-state index in [0.717, 1.165) is 24.3 Å². The average molecular weight is 736 g/mol. The van der Waals surface area contributed by atoms with Crippen molar-refractivity contribution in [1.29, 1.82) is 0 Å². The van der Waals surface area contributed by atoms with Crippen molar-refractivity contribution in [2.75, 3.05) is 33.6 Å². The molecule has 4 aromatic carbocycles. The predicted molar refractivity (Wildman–Crippen MR) is 203 cm³/mol. The van der Waals surface area contributed by atoms with Crippen LogP contribution in [0.3, 0.4) is 0 Å². The second-order valence-corrected chi connectivity index (χ2v) is 13.8. The number of hydrogen-bond acceptors (Lipinski definition) is 9. The number of amides is 2. The molecule has 1 aliphatic rings. The molecule has 0 aliphatic carbocycles. The molecule has 3 unspecified atom stereocenters. The van der Waals surface area contributed by atoms with Crippen molar-refractivity contribution in [2.45, 2.75) is 62.3 Å². The van der Waals surface area contributed by atoms with Crippen molar-refractivity contribution in [1.82, 2.24) is 4.90 Å². The smallest absolute Gasteiger partial charge is 0.261 e. The van der Waals surface area contributed by atoms with Crippen molar-refractivity contribution in [3.05, 3.63) is 108 Å². The maximum absolute atomic E-state index is 12.2. The molecule has 1 heterocycles. The van der Waals surface area contributed by atoms with Gasteiger partial charge in [-0.15, -0.1) is 11.8 Å². The van der Waals surface area contributed by atoms with Crippen LogP contribution in [-0.2, 0) is 31.8 Å².